The monoisotopic (exact) mass is 480 g/mol. The van der Waals surface area contributed by atoms with Crippen molar-refractivity contribution in [1.82, 2.24) is 9.97 Å². The lowest BCUT2D eigenvalue weighted by molar-refractivity contribution is 0.177. The fourth-order valence-corrected chi connectivity index (χ4v) is 5.11. The molecule has 35 heavy (non-hydrogen) atoms. The molecule has 1 aliphatic rings. The van der Waals surface area contributed by atoms with Crippen LogP contribution in [0.4, 0.5) is 0 Å². The van der Waals surface area contributed by atoms with Crippen molar-refractivity contribution < 1.29 is 9.47 Å². The first-order chi connectivity index (χ1) is 17.2. The quantitative estimate of drug-likeness (QED) is 0.225. The Bertz CT molecular complexity index is 828. The molecule has 1 heterocycles. The zero-order valence-corrected chi connectivity index (χ0v) is 22.6. The van der Waals surface area contributed by atoms with Crippen LogP contribution in [0, 0.1) is 18.8 Å². The molecule has 4 heteroatoms. The van der Waals surface area contributed by atoms with Gasteiger partial charge in [0.25, 0.3) is 0 Å². The fraction of sp³-hybridized carbons (Fsp3) is 0.677. The lowest BCUT2D eigenvalue weighted by atomic mass is 9.80. The van der Waals surface area contributed by atoms with Crippen molar-refractivity contribution in [2.45, 2.75) is 111 Å². The van der Waals surface area contributed by atoms with Crippen LogP contribution >= 0.6 is 0 Å². The van der Waals surface area contributed by atoms with Crippen LogP contribution < -0.4 is 9.47 Å². The highest BCUT2D eigenvalue weighted by atomic mass is 16.5. The average molecular weight is 481 g/mol. The van der Waals surface area contributed by atoms with Crippen molar-refractivity contribution in [3.05, 3.63) is 36.2 Å². The molecule has 0 spiro atoms. The van der Waals surface area contributed by atoms with Crippen LogP contribution in [0.15, 0.2) is 30.6 Å². The topological polar surface area (TPSA) is 44.2 Å². The van der Waals surface area contributed by atoms with Crippen molar-refractivity contribution in [3.63, 3.8) is 0 Å². The molecule has 1 aliphatic carbocycles. The molecule has 194 valence electrons. The Kier molecular flexibility index (Phi) is 12.4. The largest absolute Gasteiger partial charge is 0.493 e. The Morgan fingerprint density at radius 3 is 2.11 bits per heavy atom. The summed E-state index contributed by atoms with van der Waals surface area (Å²) >= 11 is 0. The summed E-state index contributed by atoms with van der Waals surface area (Å²) < 4.78 is 11.9. The number of unbranched alkanes of at least 4 members (excludes halogenated alkanes) is 7. The number of aromatic nitrogens is 2. The summed E-state index contributed by atoms with van der Waals surface area (Å²) in [5.41, 5.74) is 2.16. The van der Waals surface area contributed by atoms with E-state index in [1.165, 1.54) is 77.0 Å². The van der Waals surface area contributed by atoms with E-state index in [1.54, 1.807) is 12.4 Å². The molecule has 0 saturated heterocycles. The van der Waals surface area contributed by atoms with E-state index >= 15 is 0 Å². The maximum atomic E-state index is 6.26. The second kappa shape index (κ2) is 15.8. The SMILES string of the molecule is CCCCCCCCC[C@H]1CC[C@H](COc2ccc(-c3ncc(OCCCC)cn3)cc2C)CC1. The van der Waals surface area contributed by atoms with Gasteiger partial charge in [-0.2, -0.15) is 0 Å². The lowest BCUT2D eigenvalue weighted by Gasteiger charge is -2.28. The van der Waals surface area contributed by atoms with Gasteiger partial charge in [0.1, 0.15) is 5.75 Å². The molecule has 0 radical (unpaired) electrons. The number of nitrogens with zero attached hydrogens (tertiary/aromatic N) is 2. The van der Waals surface area contributed by atoms with Crippen LogP contribution in [0.25, 0.3) is 11.4 Å². The predicted molar refractivity (Wildman–Crippen MR) is 146 cm³/mol. The van der Waals surface area contributed by atoms with Gasteiger partial charge < -0.3 is 9.47 Å². The van der Waals surface area contributed by atoms with E-state index in [1.807, 2.05) is 0 Å². The van der Waals surface area contributed by atoms with Crippen molar-refractivity contribution >= 4 is 0 Å². The van der Waals surface area contributed by atoms with Crippen LogP contribution in [-0.2, 0) is 0 Å². The number of hydrogen-bond acceptors (Lipinski definition) is 4. The Morgan fingerprint density at radius 2 is 1.43 bits per heavy atom. The van der Waals surface area contributed by atoms with E-state index in [0.717, 1.165) is 53.8 Å². The highest BCUT2D eigenvalue weighted by Gasteiger charge is 2.21. The van der Waals surface area contributed by atoms with E-state index in [-0.39, 0.29) is 0 Å². The van der Waals surface area contributed by atoms with Crippen molar-refractivity contribution in [2.24, 2.45) is 11.8 Å². The molecule has 1 fully saturated rings. The summed E-state index contributed by atoms with van der Waals surface area (Å²) in [6.07, 6.45) is 22.5. The molecule has 0 atom stereocenters. The van der Waals surface area contributed by atoms with Gasteiger partial charge in [-0.3, -0.25) is 0 Å². The summed E-state index contributed by atoms with van der Waals surface area (Å²) in [6.45, 7) is 8.11. The normalized spacial score (nSPS) is 17.9. The number of aryl methyl sites for hydroxylation is 1. The molecular weight excluding hydrogens is 432 g/mol. The first-order valence-corrected chi connectivity index (χ1v) is 14.4. The lowest BCUT2D eigenvalue weighted by Crippen LogP contribution is -2.20. The summed E-state index contributed by atoms with van der Waals surface area (Å²) in [7, 11) is 0. The maximum Gasteiger partial charge on any atom is 0.159 e. The molecule has 0 aliphatic heterocycles. The van der Waals surface area contributed by atoms with Crippen LogP contribution in [0.2, 0.25) is 0 Å². The predicted octanol–water partition coefficient (Wildman–Crippen LogP) is 8.96. The fourth-order valence-electron chi connectivity index (χ4n) is 5.11. The first-order valence-electron chi connectivity index (χ1n) is 14.4. The summed E-state index contributed by atoms with van der Waals surface area (Å²) in [5, 5.41) is 0. The molecule has 0 N–H and O–H groups in total. The summed E-state index contributed by atoms with van der Waals surface area (Å²) in [6, 6.07) is 6.27. The average Bonchev–Trinajstić information content (AvgIpc) is 2.89. The summed E-state index contributed by atoms with van der Waals surface area (Å²) in [5.74, 6) is 4.09. The summed E-state index contributed by atoms with van der Waals surface area (Å²) in [4.78, 5) is 8.98. The molecule has 0 unspecified atom stereocenters. The van der Waals surface area contributed by atoms with Crippen LogP contribution in [0.1, 0.15) is 109 Å². The van der Waals surface area contributed by atoms with Crippen LogP contribution in [-0.4, -0.2) is 23.2 Å². The van der Waals surface area contributed by atoms with Gasteiger partial charge in [0, 0.05) is 5.56 Å². The highest BCUT2D eigenvalue weighted by Crippen LogP contribution is 2.33. The molecular formula is C31H48N2O2. The van der Waals surface area contributed by atoms with Crippen LogP contribution in [0.5, 0.6) is 11.5 Å². The second-order valence-electron chi connectivity index (χ2n) is 10.5. The van der Waals surface area contributed by atoms with Crippen molar-refractivity contribution in [1.29, 1.82) is 0 Å². The smallest absolute Gasteiger partial charge is 0.159 e. The van der Waals surface area contributed by atoms with Crippen molar-refractivity contribution in [3.8, 4) is 22.9 Å². The van der Waals surface area contributed by atoms with Gasteiger partial charge in [0.05, 0.1) is 25.6 Å². The Balaban J connectivity index is 1.35. The number of benzene rings is 1. The minimum atomic E-state index is 0.697. The second-order valence-corrected chi connectivity index (χ2v) is 10.5. The van der Waals surface area contributed by atoms with E-state index in [2.05, 4.69) is 48.9 Å². The zero-order valence-electron chi connectivity index (χ0n) is 22.6. The zero-order chi connectivity index (χ0) is 24.7. The Morgan fingerprint density at radius 1 is 0.771 bits per heavy atom. The van der Waals surface area contributed by atoms with Crippen LogP contribution in [0.3, 0.4) is 0 Å². The van der Waals surface area contributed by atoms with Gasteiger partial charge in [-0.15, -0.1) is 0 Å². The molecule has 1 saturated carbocycles. The molecule has 0 bridgehead atoms. The van der Waals surface area contributed by atoms with Gasteiger partial charge >= 0.3 is 0 Å². The van der Waals surface area contributed by atoms with Gasteiger partial charge in [-0.25, -0.2) is 9.97 Å². The standard InChI is InChI=1S/C31H48N2O2/c1-4-6-8-9-10-11-12-13-26-14-16-27(17-15-26)24-35-30-19-18-28(21-25(30)3)31-32-22-29(23-33-31)34-20-7-5-2/h18-19,21-23,26-27H,4-17,20,24H2,1-3H3/t26-,27-. The minimum Gasteiger partial charge on any atom is -0.493 e. The third-order valence-electron chi connectivity index (χ3n) is 7.48. The maximum absolute atomic E-state index is 6.26. The molecule has 0 amide bonds. The first kappa shape index (κ1) is 27.5. The number of hydrogen-bond donors (Lipinski definition) is 0. The van der Waals surface area contributed by atoms with E-state index in [0.29, 0.717) is 12.5 Å². The van der Waals surface area contributed by atoms with Gasteiger partial charge in [0.2, 0.25) is 0 Å². The Hall–Kier alpha value is -2.10. The van der Waals surface area contributed by atoms with E-state index in [9.17, 15) is 0 Å². The molecule has 4 nitrogen and oxygen atoms in total. The van der Waals surface area contributed by atoms with Crippen molar-refractivity contribution in [2.75, 3.05) is 13.2 Å². The number of rotatable bonds is 16. The van der Waals surface area contributed by atoms with Gasteiger partial charge in [0.15, 0.2) is 11.6 Å². The van der Waals surface area contributed by atoms with E-state index < -0.39 is 0 Å². The third kappa shape index (κ3) is 9.82. The van der Waals surface area contributed by atoms with E-state index in [4.69, 9.17) is 9.47 Å². The number of ether oxygens (including phenoxy) is 2. The molecule has 1 aromatic heterocycles. The third-order valence-corrected chi connectivity index (χ3v) is 7.48. The van der Waals surface area contributed by atoms with Gasteiger partial charge in [-0.05, 0) is 61.8 Å². The Labute approximate surface area is 214 Å². The minimum absolute atomic E-state index is 0.697. The molecule has 3 rings (SSSR count). The highest BCUT2D eigenvalue weighted by molar-refractivity contribution is 5.58. The molecule has 1 aromatic carbocycles. The van der Waals surface area contributed by atoms with Gasteiger partial charge in [-0.1, -0.05) is 84.5 Å². The molecule has 2 aromatic rings.